The SMILES string of the molecule is O=C(Cl)OC1CCCCCCCCCCCCCC1. The summed E-state index contributed by atoms with van der Waals surface area (Å²) in [6.07, 6.45) is 17.8. The van der Waals surface area contributed by atoms with Gasteiger partial charge < -0.3 is 4.74 Å². The van der Waals surface area contributed by atoms with E-state index in [1.54, 1.807) is 0 Å². The molecule has 1 saturated carbocycles. The summed E-state index contributed by atoms with van der Waals surface area (Å²) in [5, 5.41) is 0. The third kappa shape index (κ3) is 10.2. The van der Waals surface area contributed by atoms with Gasteiger partial charge in [-0.15, -0.1) is 0 Å². The highest BCUT2D eigenvalue weighted by molar-refractivity contribution is 6.61. The first-order valence-electron chi connectivity index (χ1n) is 8.15. The second-order valence-electron chi connectivity index (χ2n) is 5.80. The summed E-state index contributed by atoms with van der Waals surface area (Å²) in [6, 6.07) is 0. The van der Waals surface area contributed by atoms with Crippen LogP contribution < -0.4 is 0 Å². The van der Waals surface area contributed by atoms with Gasteiger partial charge in [0.2, 0.25) is 0 Å². The van der Waals surface area contributed by atoms with Crippen LogP contribution in [0.3, 0.4) is 0 Å². The lowest BCUT2D eigenvalue weighted by Gasteiger charge is -2.16. The fourth-order valence-electron chi connectivity index (χ4n) is 2.91. The van der Waals surface area contributed by atoms with Crippen molar-refractivity contribution in [3.8, 4) is 0 Å². The molecule has 0 saturated heterocycles. The van der Waals surface area contributed by atoms with Gasteiger partial charge in [0.05, 0.1) is 0 Å². The van der Waals surface area contributed by atoms with E-state index >= 15 is 0 Å². The second-order valence-corrected chi connectivity index (χ2v) is 6.11. The Morgan fingerprint density at radius 1 is 0.684 bits per heavy atom. The summed E-state index contributed by atoms with van der Waals surface area (Å²) in [5.74, 6) is 0. The van der Waals surface area contributed by atoms with Crippen molar-refractivity contribution < 1.29 is 9.53 Å². The van der Waals surface area contributed by atoms with E-state index in [-0.39, 0.29) is 6.10 Å². The molecular weight excluding hydrogens is 260 g/mol. The molecular formula is C16H29ClO2. The van der Waals surface area contributed by atoms with Crippen LogP contribution in [0, 0.1) is 0 Å². The molecule has 1 aliphatic carbocycles. The Morgan fingerprint density at radius 3 is 1.32 bits per heavy atom. The smallest absolute Gasteiger partial charge is 0.404 e. The molecule has 1 fully saturated rings. The van der Waals surface area contributed by atoms with Crippen molar-refractivity contribution in [1.82, 2.24) is 0 Å². The van der Waals surface area contributed by atoms with Gasteiger partial charge in [-0.25, -0.2) is 4.79 Å². The third-order valence-corrected chi connectivity index (χ3v) is 4.15. The first-order valence-corrected chi connectivity index (χ1v) is 8.53. The summed E-state index contributed by atoms with van der Waals surface area (Å²) in [6.45, 7) is 0. The van der Waals surface area contributed by atoms with Gasteiger partial charge in [0.15, 0.2) is 0 Å². The first-order chi connectivity index (χ1) is 9.29. The van der Waals surface area contributed by atoms with Gasteiger partial charge in [-0.3, -0.25) is 0 Å². The van der Waals surface area contributed by atoms with E-state index < -0.39 is 5.43 Å². The zero-order valence-corrected chi connectivity index (χ0v) is 12.9. The van der Waals surface area contributed by atoms with Crippen LogP contribution in [0.4, 0.5) is 4.79 Å². The number of halogens is 1. The molecule has 3 heteroatoms. The Bertz CT molecular complexity index is 215. The van der Waals surface area contributed by atoms with Crippen LogP contribution in [0.15, 0.2) is 0 Å². The predicted molar refractivity (Wildman–Crippen MR) is 80.8 cm³/mol. The van der Waals surface area contributed by atoms with Crippen LogP contribution in [0.5, 0.6) is 0 Å². The molecule has 112 valence electrons. The van der Waals surface area contributed by atoms with Gasteiger partial charge in [0.25, 0.3) is 0 Å². The molecule has 0 aromatic rings. The van der Waals surface area contributed by atoms with Crippen molar-refractivity contribution in [1.29, 1.82) is 0 Å². The summed E-state index contributed by atoms with van der Waals surface area (Å²) < 4.78 is 5.20. The maximum Gasteiger partial charge on any atom is 0.404 e. The molecule has 0 N–H and O–H groups in total. The van der Waals surface area contributed by atoms with E-state index in [9.17, 15) is 4.79 Å². The third-order valence-electron chi connectivity index (χ3n) is 4.06. The minimum atomic E-state index is -0.636. The van der Waals surface area contributed by atoms with Crippen molar-refractivity contribution in [2.75, 3.05) is 0 Å². The first kappa shape index (κ1) is 16.8. The number of hydrogen-bond donors (Lipinski definition) is 0. The van der Waals surface area contributed by atoms with Crippen molar-refractivity contribution in [2.45, 2.75) is 96.0 Å². The molecule has 1 rings (SSSR count). The Labute approximate surface area is 123 Å². The Balaban J connectivity index is 2.27. The molecule has 0 bridgehead atoms. The van der Waals surface area contributed by atoms with Gasteiger partial charge in [-0.2, -0.15) is 0 Å². The van der Waals surface area contributed by atoms with Gasteiger partial charge in [-0.05, 0) is 25.7 Å². The largest absolute Gasteiger partial charge is 0.450 e. The number of carbonyl (C=O) groups excluding carboxylic acids is 1. The number of rotatable bonds is 1. The predicted octanol–water partition coefficient (Wildman–Crippen LogP) is 6.21. The van der Waals surface area contributed by atoms with Crippen LogP contribution >= 0.6 is 11.6 Å². The van der Waals surface area contributed by atoms with E-state index in [1.807, 2.05) is 0 Å². The molecule has 0 aliphatic heterocycles. The summed E-state index contributed by atoms with van der Waals surface area (Å²) in [5.41, 5.74) is -0.636. The van der Waals surface area contributed by atoms with Gasteiger partial charge in [0.1, 0.15) is 6.10 Å². The summed E-state index contributed by atoms with van der Waals surface area (Å²) in [4.78, 5) is 10.9. The lowest BCUT2D eigenvalue weighted by atomic mass is 10.0. The molecule has 0 unspecified atom stereocenters. The molecule has 0 aromatic carbocycles. The van der Waals surface area contributed by atoms with Gasteiger partial charge >= 0.3 is 5.43 Å². The molecule has 1 aliphatic rings. The molecule has 0 radical (unpaired) electrons. The maximum absolute atomic E-state index is 10.9. The monoisotopic (exact) mass is 288 g/mol. The van der Waals surface area contributed by atoms with Gasteiger partial charge in [-0.1, -0.05) is 64.2 Å². The fraction of sp³-hybridized carbons (Fsp3) is 0.938. The van der Waals surface area contributed by atoms with Crippen molar-refractivity contribution in [3.63, 3.8) is 0 Å². The Kier molecular flexibility index (Phi) is 10.2. The Morgan fingerprint density at radius 2 is 1.00 bits per heavy atom. The van der Waals surface area contributed by atoms with E-state index in [0.29, 0.717) is 0 Å². The molecule has 19 heavy (non-hydrogen) atoms. The highest BCUT2D eigenvalue weighted by Gasteiger charge is 2.12. The quantitative estimate of drug-likeness (QED) is 0.537. The molecule has 0 atom stereocenters. The van der Waals surface area contributed by atoms with Crippen molar-refractivity contribution in [2.24, 2.45) is 0 Å². The molecule has 0 heterocycles. The number of hydrogen-bond acceptors (Lipinski definition) is 2. The lowest BCUT2D eigenvalue weighted by molar-refractivity contribution is 0.106. The van der Waals surface area contributed by atoms with E-state index in [4.69, 9.17) is 16.3 Å². The summed E-state index contributed by atoms with van der Waals surface area (Å²) >= 11 is 5.34. The minimum absolute atomic E-state index is 0.0510. The number of ether oxygens (including phenoxy) is 1. The standard InChI is InChI=1S/C16H29ClO2/c17-16(18)19-15-13-11-9-7-5-3-1-2-4-6-8-10-12-14-15/h15H,1-14H2. The van der Waals surface area contributed by atoms with Gasteiger partial charge in [0, 0.05) is 11.6 Å². The average Bonchev–Trinajstić information content (AvgIpc) is 2.38. The molecule has 0 spiro atoms. The van der Waals surface area contributed by atoms with Crippen LogP contribution in [0.25, 0.3) is 0 Å². The topological polar surface area (TPSA) is 26.3 Å². The fourth-order valence-corrected chi connectivity index (χ4v) is 3.03. The molecule has 0 amide bonds. The number of carbonyl (C=O) groups is 1. The molecule has 0 aromatic heterocycles. The molecule has 2 nitrogen and oxygen atoms in total. The highest BCUT2D eigenvalue weighted by Crippen LogP contribution is 2.19. The lowest BCUT2D eigenvalue weighted by Crippen LogP contribution is -2.14. The van der Waals surface area contributed by atoms with Crippen LogP contribution in [-0.2, 0) is 4.74 Å². The van der Waals surface area contributed by atoms with E-state index in [2.05, 4.69) is 0 Å². The van der Waals surface area contributed by atoms with E-state index in [0.717, 1.165) is 25.7 Å². The van der Waals surface area contributed by atoms with Crippen molar-refractivity contribution in [3.05, 3.63) is 0 Å². The van der Waals surface area contributed by atoms with Crippen LogP contribution in [0.1, 0.15) is 89.9 Å². The second kappa shape index (κ2) is 11.6. The van der Waals surface area contributed by atoms with Crippen LogP contribution in [-0.4, -0.2) is 11.5 Å². The minimum Gasteiger partial charge on any atom is -0.450 e. The Hall–Kier alpha value is -0.240. The van der Waals surface area contributed by atoms with Crippen LogP contribution in [0.2, 0.25) is 0 Å². The van der Waals surface area contributed by atoms with E-state index in [1.165, 1.54) is 64.2 Å². The van der Waals surface area contributed by atoms with Crippen molar-refractivity contribution >= 4 is 17.0 Å². The normalized spacial score (nSPS) is 22.2. The average molecular weight is 289 g/mol. The highest BCUT2D eigenvalue weighted by atomic mass is 35.5. The summed E-state index contributed by atoms with van der Waals surface area (Å²) in [7, 11) is 0. The maximum atomic E-state index is 10.9. The zero-order chi connectivity index (χ0) is 13.8. The zero-order valence-electron chi connectivity index (χ0n) is 12.2.